The van der Waals surface area contributed by atoms with E-state index in [0.717, 1.165) is 19.4 Å². The van der Waals surface area contributed by atoms with E-state index in [4.69, 9.17) is 5.73 Å². The van der Waals surface area contributed by atoms with E-state index in [9.17, 15) is 0 Å². The van der Waals surface area contributed by atoms with E-state index in [-0.39, 0.29) is 0 Å². The molecule has 0 saturated heterocycles. The SMILES string of the molecule is N[C@H]1CCc2nccn2C1. The molecule has 1 aliphatic heterocycles. The van der Waals surface area contributed by atoms with E-state index >= 15 is 0 Å². The molecule has 2 heterocycles. The molecule has 0 fully saturated rings. The fourth-order valence-corrected chi connectivity index (χ4v) is 1.39. The highest BCUT2D eigenvalue weighted by Gasteiger charge is 2.13. The summed E-state index contributed by atoms with van der Waals surface area (Å²) in [6.45, 7) is 0.940. The van der Waals surface area contributed by atoms with Gasteiger partial charge in [0.15, 0.2) is 0 Å². The lowest BCUT2D eigenvalue weighted by Gasteiger charge is -2.19. The molecule has 1 aromatic rings. The van der Waals surface area contributed by atoms with E-state index in [1.807, 2.05) is 12.4 Å². The van der Waals surface area contributed by atoms with Crippen LogP contribution in [0.2, 0.25) is 0 Å². The van der Waals surface area contributed by atoms with Gasteiger partial charge in [0.25, 0.3) is 0 Å². The fourth-order valence-electron chi connectivity index (χ4n) is 1.39. The number of fused-ring (bicyclic) bond motifs is 1. The molecule has 54 valence electrons. The van der Waals surface area contributed by atoms with Gasteiger partial charge in [-0.3, -0.25) is 0 Å². The van der Waals surface area contributed by atoms with Crippen molar-refractivity contribution in [2.24, 2.45) is 5.73 Å². The molecule has 3 nitrogen and oxygen atoms in total. The van der Waals surface area contributed by atoms with Gasteiger partial charge in [0.1, 0.15) is 5.82 Å². The van der Waals surface area contributed by atoms with Crippen LogP contribution in [-0.4, -0.2) is 15.6 Å². The number of aromatic nitrogens is 2. The van der Waals surface area contributed by atoms with Crippen LogP contribution in [0.1, 0.15) is 12.2 Å². The van der Waals surface area contributed by atoms with Crippen LogP contribution in [0.25, 0.3) is 0 Å². The average molecular weight is 137 g/mol. The zero-order valence-corrected chi connectivity index (χ0v) is 5.83. The van der Waals surface area contributed by atoms with Crippen molar-refractivity contribution in [2.45, 2.75) is 25.4 Å². The summed E-state index contributed by atoms with van der Waals surface area (Å²) in [6, 6.07) is 0.335. The number of nitrogens with two attached hydrogens (primary N) is 1. The highest BCUT2D eigenvalue weighted by Crippen LogP contribution is 2.10. The Hall–Kier alpha value is -0.830. The standard InChI is InChI=1S/C7H11N3/c8-6-1-2-7-9-3-4-10(7)5-6/h3-4,6H,1-2,5,8H2/t6-/m0/s1. The maximum atomic E-state index is 5.76. The van der Waals surface area contributed by atoms with Crippen molar-refractivity contribution in [3.05, 3.63) is 18.2 Å². The number of rotatable bonds is 0. The van der Waals surface area contributed by atoms with Crippen LogP contribution in [-0.2, 0) is 13.0 Å². The third-order valence-corrected chi connectivity index (χ3v) is 1.97. The third-order valence-electron chi connectivity index (χ3n) is 1.97. The van der Waals surface area contributed by atoms with Crippen LogP contribution in [0, 0.1) is 0 Å². The van der Waals surface area contributed by atoms with Gasteiger partial charge in [0, 0.05) is 31.4 Å². The molecule has 1 aromatic heterocycles. The van der Waals surface area contributed by atoms with Crippen LogP contribution in [0.4, 0.5) is 0 Å². The summed E-state index contributed by atoms with van der Waals surface area (Å²) >= 11 is 0. The van der Waals surface area contributed by atoms with Gasteiger partial charge in [0.2, 0.25) is 0 Å². The monoisotopic (exact) mass is 137 g/mol. The molecule has 1 atom stereocenters. The molecule has 0 aliphatic carbocycles. The molecule has 0 aromatic carbocycles. The molecule has 2 N–H and O–H groups in total. The molecule has 3 heteroatoms. The number of hydrogen-bond donors (Lipinski definition) is 1. The predicted molar refractivity (Wildman–Crippen MR) is 38.5 cm³/mol. The fraction of sp³-hybridized carbons (Fsp3) is 0.571. The zero-order chi connectivity index (χ0) is 6.97. The van der Waals surface area contributed by atoms with Crippen molar-refractivity contribution in [1.82, 2.24) is 9.55 Å². The third kappa shape index (κ3) is 0.827. The van der Waals surface area contributed by atoms with Gasteiger partial charge < -0.3 is 10.3 Å². The average Bonchev–Trinajstić information content (AvgIpc) is 2.33. The lowest BCUT2D eigenvalue weighted by atomic mass is 10.1. The van der Waals surface area contributed by atoms with Crippen molar-refractivity contribution < 1.29 is 0 Å². The van der Waals surface area contributed by atoms with Crippen LogP contribution < -0.4 is 5.73 Å². The highest BCUT2D eigenvalue weighted by atomic mass is 15.1. The minimum Gasteiger partial charge on any atom is -0.333 e. The van der Waals surface area contributed by atoms with Gasteiger partial charge in [-0.2, -0.15) is 0 Å². The smallest absolute Gasteiger partial charge is 0.108 e. The maximum absolute atomic E-state index is 5.76. The van der Waals surface area contributed by atoms with Crippen molar-refractivity contribution in [2.75, 3.05) is 0 Å². The molecule has 0 bridgehead atoms. The summed E-state index contributed by atoms with van der Waals surface area (Å²) in [4.78, 5) is 4.20. The molecule has 0 spiro atoms. The van der Waals surface area contributed by atoms with Crippen molar-refractivity contribution >= 4 is 0 Å². The Morgan fingerprint density at radius 3 is 3.50 bits per heavy atom. The minimum absolute atomic E-state index is 0.335. The number of hydrogen-bond acceptors (Lipinski definition) is 2. The van der Waals surface area contributed by atoms with E-state index in [0.29, 0.717) is 6.04 Å². The van der Waals surface area contributed by atoms with E-state index in [2.05, 4.69) is 9.55 Å². The molecule has 1 aliphatic rings. The summed E-state index contributed by atoms with van der Waals surface area (Å²) in [7, 11) is 0. The Balaban J connectivity index is 2.30. The molecule has 0 unspecified atom stereocenters. The largest absolute Gasteiger partial charge is 0.333 e. The van der Waals surface area contributed by atoms with Gasteiger partial charge in [-0.25, -0.2) is 4.98 Å². The normalized spacial score (nSPS) is 24.3. The van der Waals surface area contributed by atoms with Crippen LogP contribution >= 0.6 is 0 Å². The van der Waals surface area contributed by atoms with Gasteiger partial charge in [-0.15, -0.1) is 0 Å². The summed E-state index contributed by atoms with van der Waals surface area (Å²) < 4.78 is 2.13. The molecule has 0 radical (unpaired) electrons. The first-order valence-corrected chi connectivity index (χ1v) is 3.62. The Labute approximate surface area is 59.9 Å². The second kappa shape index (κ2) is 2.09. The van der Waals surface area contributed by atoms with Gasteiger partial charge in [-0.1, -0.05) is 0 Å². The second-order valence-electron chi connectivity index (χ2n) is 2.79. The Morgan fingerprint density at radius 2 is 2.60 bits per heavy atom. The van der Waals surface area contributed by atoms with E-state index < -0.39 is 0 Å². The minimum atomic E-state index is 0.335. The molecule has 0 saturated carbocycles. The number of nitrogens with zero attached hydrogens (tertiary/aromatic N) is 2. The van der Waals surface area contributed by atoms with Crippen molar-refractivity contribution in [1.29, 1.82) is 0 Å². The van der Waals surface area contributed by atoms with Crippen LogP contribution in [0.5, 0.6) is 0 Å². The lowest BCUT2D eigenvalue weighted by Crippen LogP contribution is -2.31. The van der Waals surface area contributed by atoms with Gasteiger partial charge in [-0.05, 0) is 6.42 Å². The second-order valence-corrected chi connectivity index (χ2v) is 2.79. The van der Waals surface area contributed by atoms with E-state index in [1.165, 1.54) is 5.82 Å². The molecular formula is C7H11N3. The molecule has 2 rings (SSSR count). The van der Waals surface area contributed by atoms with Gasteiger partial charge >= 0.3 is 0 Å². The summed E-state index contributed by atoms with van der Waals surface area (Å²) in [5, 5.41) is 0. The summed E-state index contributed by atoms with van der Waals surface area (Å²) in [6.07, 6.45) is 5.95. The van der Waals surface area contributed by atoms with E-state index in [1.54, 1.807) is 0 Å². The topological polar surface area (TPSA) is 43.8 Å². The Morgan fingerprint density at radius 1 is 1.70 bits per heavy atom. The number of imidazole rings is 1. The highest BCUT2D eigenvalue weighted by molar-refractivity contribution is 4.97. The lowest BCUT2D eigenvalue weighted by molar-refractivity contribution is 0.453. The van der Waals surface area contributed by atoms with Crippen LogP contribution in [0.15, 0.2) is 12.4 Å². The maximum Gasteiger partial charge on any atom is 0.108 e. The number of aryl methyl sites for hydroxylation is 1. The summed E-state index contributed by atoms with van der Waals surface area (Å²) in [5.74, 6) is 1.18. The zero-order valence-electron chi connectivity index (χ0n) is 5.83. The predicted octanol–water partition coefficient (Wildman–Crippen LogP) is 0.157. The first-order valence-electron chi connectivity index (χ1n) is 3.62. The Kier molecular flexibility index (Phi) is 1.24. The van der Waals surface area contributed by atoms with Crippen LogP contribution in [0.3, 0.4) is 0 Å². The first-order chi connectivity index (χ1) is 4.86. The quantitative estimate of drug-likeness (QED) is 0.553. The van der Waals surface area contributed by atoms with Crippen molar-refractivity contribution in [3.63, 3.8) is 0 Å². The molecule has 10 heavy (non-hydrogen) atoms. The molecule has 0 amide bonds. The van der Waals surface area contributed by atoms with Crippen molar-refractivity contribution in [3.8, 4) is 0 Å². The Bertz CT molecular complexity index is 229. The molecular weight excluding hydrogens is 126 g/mol. The summed E-state index contributed by atoms with van der Waals surface area (Å²) in [5.41, 5.74) is 5.76. The first kappa shape index (κ1) is 5.92. The van der Waals surface area contributed by atoms with Gasteiger partial charge in [0.05, 0.1) is 0 Å².